The second kappa shape index (κ2) is 3.41. The molecule has 0 bridgehead atoms. The van der Waals surface area contributed by atoms with Crippen LogP contribution in [-0.4, -0.2) is 6.10 Å². The van der Waals surface area contributed by atoms with Crippen LogP contribution in [0.25, 0.3) is 0 Å². The zero-order chi connectivity index (χ0) is 9.26. The van der Waals surface area contributed by atoms with Crippen molar-refractivity contribution in [3.8, 4) is 5.75 Å². The van der Waals surface area contributed by atoms with Crippen LogP contribution in [0, 0.1) is 0 Å². The van der Waals surface area contributed by atoms with E-state index in [0.29, 0.717) is 0 Å². The zero-order valence-electron chi connectivity index (χ0n) is 8.34. The Balaban J connectivity index is 2.30. The molecule has 0 amide bonds. The minimum absolute atomic E-state index is 0.284. The largest absolute Gasteiger partial charge is 0.491 e. The smallest absolute Gasteiger partial charge is 0.123 e. The van der Waals surface area contributed by atoms with E-state index in [2.05, 4.69) is 32.0 Å². The van der Waals surface area contributed by atoms with E-state index in [9.17, 15) is 0 Å². The van der Waals surface area contributed by atoms with Crippen molar-refractivity contribution < 1.29 is 4.74 Å². The van der Waals surface area contributed by atoms with Crippen molar-refractivity contribution >= 4 is 0 Å². The van der Waals surface area contributed by atoms with E-state index in [1.54, 1.807) is 0 Å². The number of hydrogen-bond donors (Lipinski definition) is 0. The molecule has 0 saturated heterocycles. The Morgan fingerprint density at radius 2 is 2.08 bits per heavy atom. The Kier molecular flexibility index (Phi) is 2.26. The van der Waals surface area contributed by atoms with Gasteiger partial charge in [-0.25, -0.2) is 0 Å². The van der Waals surface area contributed by atoms with Gasteiger partial charge in [-0.1, -0.05) is 12.1 Å². The van der Waals surface area contributed by atoms with E-state index in [1.807, 2.05) is 0 Å². The van der Waals surface area contributed by atoms with Crippen molar-refractivity contribution in [2.75, 3.05) is 0 Å². The molecule has 1 aliphatic rings. The first kappa shape index (κ1) is 8.61. The van der Waals surface area contributed by atoms with Gasteiger partial charge < -0.3 is 4.74 Å². The summed E-state index contributed by atoms with van der Waals surface area (Å²) >= 11 is 0. The normalized spacial score (nSPS) is 14.7. The molecule has 0 fully saturated rings. The lowest BCUT2D eigenvalue weighted by molar-refractivity contribution is 0.240. The van der Waals surface area contributed by atoms with E-state index in [-0.39, 0.29) is 6.10 Å². The highest BCUT2D eigenvalue weighted by atomic mass is 16.5. The number of ether oxygens (including phenoxy) is 1. The van der Waals surface area contributed by atoms with Crippen LogP contribution < -0.4 is 4.74 Å². The number of aryl methyl sites for hydroxylation is 1. The molecule has 0 N–H and O–H groups in total. The molecule has 0 saturated carbocycles. The highest BCUT2D eigenvalue weighted by Gasteiger charge is 2.15. The van der Waals surface area contributed by atoms with E-state index >= 15 is 0 Å². The molecule has 2 rings (SSSR count). The van der Waals surface area contributed by atoms with E-state index in [0.717, 1.165) is 5.75 Å². The van der Waals surface area contributed by atoms with Crippen molar-refractivity contribution in [3.63, 3.8) is 0 Å². The number of rotatable bonds is 2. The van der Waals surface area contributed by atoms with Gasteiger partial charge in [0, 0.05) is 0 Å². The molecule has 1 aromatic rings. The summed E-state index contributed by atoms with van der Waals surface area (Å²) < 4.78 is 5.76. The lowest BCUT2D eigenvalue weighted by Gasteiger charge is -2.13. The maximum Gasteiger partial charge on any atom is 0.123 e. The summed E-state index contributed by atoms with van der Waals surface area (Å²) in [6.45, 7) is 4.16. The van der Waals surface area contributed by atoms with Crippen LogP contribution in [0.2, 0.25) is 0 Å². The van der Waals surface area contributed by atoms with Crippen molar-refractivity contribution in [1.29, 1.82) is 0 Å². The van der Waals surface area contributed by atoms with Crippen LogP contribution in [-0.2, 0) is 12.8 Å². The number of benzene rings is 1. The fourth-order valence-corrected chi connectivity index (χ4v) is 1.95. The quantitative estimate of drug-likeness (QED) is 0.673. The first-order valence-electron chi connectivity index (χ1n) is 5.05. The molecule has 0 spiro atoms. The molecule has 70 valence electrons. The molecule has 0 aromatic heterocycles. The standard InChI is InChI=1S/C12H16O/c1-9(2)13-12-8-4-6-10-5-3-7-11(10)12/h4,6,8-9H,3,5,7H2,1-2H3. The van der Waals surface area contributed by atoms with Crippen LogP contribution in [0.15, 0.2) is 18.2 Å². The van der Waals surface area contributed by atoms with Gasteiger partial charge in [-0.2, -0.15) is 0 Å². The SMILES string of the molecule is CC(C)Oc1cccc2c1CCC2. The zero-order valence-corrected chi connectivity index (χ0v) is 8.34. The van der Waals surface area contributed by atoms with Gasteiger partial charge in [-0.05, 0) is 50.3 Å². The van der Waals surface area contributed by atoms with Crippen molar-refractivity contribution in [2.45, 2.75) is 39.2 Å². The van der Waals surface area contributed by atoms with Gasteiger partial charge in [-0.3, -0.25) is 0 Å². The molecule has 0 heterocycles. The number of fused-ring (bicyclic) bond motifs is 1. The van der Waals surface area contributed by atoms with Gasteiger partial charge in [0.25, 0.3) is 0 Å². The van der Waals surface area contributed by atoms with Crippen molar-refractivity contribution in [2.24, 2.45) is 0 Å². The van der Waals surface area contributed by atoms with Crippen molar-refractivity contribution in [1.82, 2.24) is 0 Å². The predicted molar refractivity (Wildman–Crippen MR) is 54.2 cm³/mol. The monoisotopic (exact) mass is 176 g/mol. The summed E-state index contributed by atoms with van der Waals surface area (Å²) in [5.41, 5.74) is 2.93. The van der Waals surface area contributed by atoms with Crippen LogP contribution in [0.1, 0.15) is 31.4 Å². The average Bonchev–Trinajstić information content (AvgIpc) is 2.51. The first-order valence-corrected chi connectivity index (χ1v) is 5.05. The molecule has 0 unspecified atom stereocenters. The summed E-state index contributed by atoms with van der Waals surface area (Å²) in [5, 5.41) is 0. The molecule has 1 aromatic carbocycles. The van der Waals surface area contributed by atoms with Gasteiger partial charge in [0.2, 0.25) is 0 Å². The summed E-state index contributed by atoms with van der Waals surface area (Å²) in [7, 11) is 0. The fourth-order valence-electron chi connectivity index (χ4n) is 1.95. The Hall–Kier alpha value is -0.980. The van der Waals surface area contributed by atoms with E-state index in [1.165, 1.54) is 30.4 Å². The molecular formula is C12H16O. The summed E-state index contributed by atoms with van der Waals surface area (Å²) in [5.74, 6) is 1.10. The summed E-state index contributed by atoms with van der Waals surface area (Å²) in [6.07, 6.45) is 3.99. The Morgan fingerprint density at radius 3 is 2.85 bits per heavy atom. The molecule has 0 radical (unpaired) electrons. The molecule has 1 nitrogen and oxygen atoms in total. The minimum Gasteiger partial charge on any atom is -0.491 e. The van der Waals surface area contributed by atoms with E-state index in [4.69, 9.17) is 4.74 Å². The first-order chi connectivity index (χ1) is 6.27. The fraction of sp³-hybridized carbons (Fsp3) is 0.500. The Morgan fingerprint density at radius 1 is 1.23 bits per heavy atom. The molecule has 0 atom stereocenters. The highest BCUT2D eigenvalue weighted by molar-refractivity contribution is 5.43. The molecule has 13 heavy (non-hydrogen) atoms. The van der Waals surface area contributed by atoms with Crippen molar-refractivity contribution in [3.05, 3.63) is 29.3 Å². The second-order valence-electron chi connectivity index (χ2n) is 3.91. The Bertz CT molecular complexity index is 302. The third-order valence-corrected chi connectivity index (χ3v) is 2.47. The lowest BCUT2D eigenvalue weighted by Crippen LogP contribution is -2.07. The maximum absolute atomic E-state index is 5.76. The third kappa shape index (κ3) is 1.69. The highest BCUT2D eigenvalue weighted by Crippen LogP contribution is 2.30. The van der Waals surface area contributed by atoms with Gasteiger partial charge in [-0.15, -0.1) is 0 Å². The minimum atomic E-state index is 0.284. The van der Waals surface area contributed by atoms with Gasteiger partial charge in [0.05, 0.1) is 6.10 Å². The van der Waals surface area contributed by atoms with Crippen LogP contribution in [0.5, 0.6) is 5.75 Å². The summed E-state index contributed by atoms with van der Waals surface area (Å²) in [6, 6.07) is 6.40. The van der Waals surface area contributed by atoms with Crippen LogP contribution in [0.3, 0.4) is 0 Å². The third-order valence-electron chi connectivity index (χ3n) is 2.47. The van der Waals surface area contributed by atoms with Gasteiger partial charge in [0.15, 0.2) is 0 Å². The predicted octanol–water partition coefficient (Wildman–Crippen LogP) is 2.96. The van der Waals surface area contributed by atoms with Crippen LogP contribution in [0.4, 0.5) is 0 Å². The Labute approximate surface area is 79.7 Å². The average molecular weight is 176 g/mol. The van der Waals surface area contributed by atoms with Gasteiger partial charge in [0.1, 0.15) is 5.75 Å². The molecule has 0 aliphatic heterocycles. The topological polar surface area (TPSA) is 9.23 Å². The molecular weight excluding hydrogens is 160 g/mol. The maximum atomic E-state index is 5.76. The van der Waals surface area contributed by atoms with E-state index < -0.39 is 0 Å². The lowest BCUT2D eigenvalue weighted by atomic mass is 10.1. The van der Waals surface area contributed by atoms with Gasteiger partial charge >= 0.3 is 0 Å². The molecule has 1 aliphatic carbocycles. The summed E-state index contributed by atoms with van der Waals surface area (Å²) in [4.78, 5) is 0. The van der Waals surface area contributed by atoms with Crippen LogP contribution >= 0.6 is 0 Å². The second-order valence-corrected chi connectivity index (χ2v) is 3.91. The molecule has 1 heteroatoms. The number of hydrogen-bond acceptors (Lipinski definition) is 1.